The maximum Gasteiger partial charge on any atom is 0.363 e. The lowest BCUT2D eigenvalue weighted by Crippen LogP contribution is -2.24. The molecule has 0 atom stereocenters. The van der Waals surface area contributed by atoms with E-state index in [1.165, 1.54) is 5.56 Å². The number of anilines is 1. The molecule has 22 heavy (non-hydrogen) atoms. The SMILES string of the molecule is CCc1ccc(/C=N/Nc2nc(=O)[nH]nc2C(C)(C)C)cc1. The van der Waals surface area contributed by atoms with Gasteiger partial charge in [-0.2, -0.15) is 15.2 Å². The predicted molar refractivity (Wildman–Crippen MR) is 88.4 cm³/mol. The van der Waals surface area contributed by atoms with Gasteiger partial charge in [-0.1, -0.05) is 52.0 Å². The first-order valence-corrected chi connectivity index (χ1v) is 7.25. The van der Waals surface area contributed by atoms with E-state index in [4.69, 9.17) is 0 Å². The van der Waals surface area contributed by atoms with Gasteiger partial charge in [0, 0.05) is 5.41 Å². The fourth-order valence-corrected chi connectivity index (χ4v) is 1.94. The Hall–Kier alpha value is -2.50. The second-order valence-electron chi connectivity index (χ2n) is 6.05. The number of aryl methyl sites for hydroxylation is 1. The van der Waals surface area contributed by atoms with Crippen molar-refractivity contribution in [2.75, 3.05) is 5.43 Å². The third kappa shape index (κ3) is 4.00. The number of benzene rings is 1. The van der Waals surface area contributed by atoms with Gasteiger partial charge in [-0.15, -0.1) is 0 Å². The highest BCUT2D eigenvalue weighted by atomic mass is 16.1. The van der Waals surface area contributed by atoms with Crippen molar-refractivity contribution < 1.29 is 0 Å². The molecule has 0 spiro atoms. The fourth-order valence-electron chi connectivity index (χ4n) is 1.94. The van der Waals surface area contributed by atoms with E-state index in [-0.39, 0.29) is 5.41 Å². The molecular weight excluding hydrogens is 278 g/mol. The number of hydrogen-bond donors (Lipinski definition) is 2. The van der Waals surface area contributed by atoms with Crippen LogP contribution in [0.1, 0.15) is 44.5 Å². The maximum atomic E-state index is 11.4. The van der Waals surface area contributed by atoms with Crippen molar-refractivity contribution in [2.24, 2.45) is 5.10 Å². The first-order chi connectivity index (χ1) is 10.4. The molecule has 0 fully saturated rings. The topological polar surface area (TPSA) is 83.0 Å². The summed E-state index contributed by atoms with van der Waals surface area (Å²) in [5, 5.41) is 10.6. The van der Waals surface area contributed by atoms with Crippen LogP contribution in [0.2, 0.25) is 0 Å². The van der Waals surface area contributed by atoms with Crippen LogP contribution in [0, 0.1) is 0 Å². The fraction of sp³-hybridized carbons (Fsp3) is 0.375. The minimum atomic E-state index is -0.502. The molecule has 0 aliphatic heterocycles. The molecular formula is C16H21N5O. The molecule has 1 aromatic carbocycles. The van der Waals surface area contributed by atoms with Crippen molar-refractivity contribution in [2.45, 2.75) is 39.5 Å². The average molecular weight is 299 g/mol. The Morgan fingerprint density at radius 2 is 1.95 bits per heavy atom. The molecule has 116 valence electrons. The van der Waals surface area contributed by atoms with Crippen molar-refractivity contribution in [3.63, 3.8) is 0 Å². The lowest BCUT2D eigenvalue weighted by molar-refractivity contribution is 0.553. The zero-order chi connectivity index (χ0) is 16.2. The molecule has 0 radical (unpaired) electrons. The van der Waals surface area contributed by atoms with Crippen LogP contribution in [0.3, 0.4) is 0 Å². The summed E-state index contributed by atoms with van der Waals surface area (Å²) in [4.78, 5) is 15.3. The van der Waals surface area contributed by atoms with Gasteiger partial charge in [-0.3, -0.25) is 5.43 Å². The number of aromatic amines is 1. The minimum Gasteiger partial charge on any atom is -0.260 e. The van der Waals surface area contributed by atoms with Gasteiger partial charge in [0.1, 0.15) is 5.69 Å². The van der Waals surface area contributed by atoms with Crippen molar-refractivity contribution >= 4 is 12.0 Å². The van der Waals surface area contributed by atoms with Gasteiger partial charge in [-0.05, 0) is 17.5 Å². The van der Waals surface area contributed by atoms with E-state index in [2.05, 4.69) is 44.8 Å². The molecule has 1 aromatic heterocycles. The Labute approximate surface area is 129 Å². The summed E-state index contributed by atoms with van der Waals surface area (Å²) in [5.41, 5.74) is 4.97. The van der Waals surface area contributed by atoms with Crippen molar-refractivity contribution in [3.8, 4) is 0 Å². The zero-order valence-corrected chi connectivity index (χ0v) is 13.3. The van der Waals surface area contributed by atoms with E-state index >= 15 is 0 Å². The zero-order valence-electron chi connectivity index (χ0n) is 13.3. The lowest BCUT2D eigenvalue weighted by Gasteiger charge is -2.18. The number of H-pyrrole nitrogens is 1. The van der Waals surface area contributed by atoms with Gasteiger partial charge in [0.2, 0.25) is 0 Å². The van der Waals surface area contributed by atoms with Gasteiger partial charge < -0.3 is 0 Å². The molecule has 0 saturated heterocycles. The number of nitrogens with one attached hydrogen (secondary N) is 2. The molecule has 0 bridgehead atoms. The number of hydrazone groups is 1. The molecule has 0 aliphatic rings. The van der Waals surface area contributed by atoms with Crippen LogP contribution in [-0.2, 0) is 11.8 Å². The first-order valence-electron chi connectivity index (χ1n) is 7.25. The summed E-state index contributed by atoms with van der Waals surface area (Å²) in [6.45, 7) is 8.10. The van der Waals surface area contributed by atoms with Crippen molar-refractivity contribution in [1.82, 2.24) is 15.2 Å². The average Bonchev–Trinajstić information content (AvgIpc) is 2.47. The van der Waals surface area contributed by atoms with Crippen LogP contribution in [0.5, 0.6) is 0 Å². The quantitative estimate of drug-likeness (QED) is 0.671. The Kier molecular flexibility index (Phi) is 4.70. The molecule has 0 amide bonds. The highest BCUT2D eigenvalue weighted by Gasteiger charge is 2.21. The lowest BCUT2D eigenvalue weighted by atomic mass is 9.92. The van der Waals surface area contributed by atoms with E-state index < -0.39 is 5.69 Å². The molecule has 0 saturated carbocycles. The third-order valence-corrected chi connectivity index (χ3v) is 3.18. The first kappa shape index (κ1) is 15.9. The minimum absolute atomic E-state index is 0.252. The summed E-state index contributed by atoms with van der Waals surface area (Å²) < 4.78 is 0. The predicted octanol–water partition coefficient (Wildman–Crippen LogP) is 2.47. The van der Waals surface area contributed by atoms with E-state index in [0.29, 0.717) is 11.5 Å². The molecule has 2 aromatic rings. The van der Waals surface area contributed by atoms with Crippen molar-refractivity contribution in [3.05, 3.63) is 51.6 Å². The number of aromatic nitrogens is 3. The largest absolute Gasteiger partial charge is 0.363 e. The number of nitrogens with zero attached hydrogens (tertiary/aromatic N) is 3. The molecule has 2 rings (SSSR count). The molecule has 6 heteroatoms. The van der Waals surface area contributed by atoms with Crippen LogP contribution in [0.15, 0.2) is 34.2 Å². The van der Waals surface area contributed by atoms with Crippen molar-refractivity contribution in [1.29, 1.82) is 0 Å². The second kappa shape index (κ2) is 6.51. The molecule has 2 N–H and O–H groups in total. The van der Waals surface area contributed by atoms with E-state index in [0.717, 1.165) is 12.0 Å². The van der Waals surface area contributed by atoms with Crippen LogP contribution in [0.25, 0.3) is 0 Å². The third-order valence-electron chi connectivity index (χ3n) is 3.18. The summed E-state index contributed by atoms with van der Waals surface area (Å²) in [6.07, 6.45) is 2.70. The number of hydrogen-bond acceptors (Lipinski definition) is 5. The van der Waals surface area contributed by atoms with Gasteiger partial charge >= 0.3 is 5.69 Å². The van der Waals surface area contributed by atoms with Gasteiger partial charge in [-0.25, -0.2) is 9.89 Å². The second-order valence-corrected chi connectivity index (χ2v) is 6.05. The molecule has 1 heterocycles. The van der Waals surface area contributed by atoms with Gasteiger partial charge in [0.05, 0.1) is 6.21 Å². The Balaban J connectivity index is 2.18. The normalized spacial score (nSPS) is 11.8. The van der Waals surface area contributed by atoms with Crippen LogP contribution in [-0.4, -0.2) is 21.4 Å². The monoisotopic (exact) mass is 299 g/mol. The van der Waals surface area contributed by atoms with Crippen LogP contribution >= 0.6 is 0 Å². The molecule has 0 aliphatic carbocycles. The highest BCUT2D eigenvalue weighted by molar-refractivity contribution is 5.80. The van der Waals surface area contributed by atoms with E-state index in [1.807, 2.05) is 32.9 Å². The summed E-state index contributed by atoms with van der Waals surface area (Å²) >= 11 is 0. The van der Waals surface area contributed by atoms with E-state index in [1.54, 1.807) is 6.21 Å². The molecule has 0 unspecified atom stereocenters. The van der Waals surface area contributed by atoms with Gasteiger partial charge in [0.25, 0.3) is 0 Å². The smallest absolute Gasteiger partial charge is 0.260 e. The number of rotatable bonds is 4. The van der Waals surface area contributed by atoms with E-state index in [9.17, 15) is 4.79 Å². The highest BCUT2D eigenvalue weighted by Crippen LogP contribution is 2.24. The van der Waals surface area contributed by atoms with Crippen LogP contribution in [0.4, 0.5) is 5.82 Å². The maximum absolute atomic E-state index is 11.4. The Morgan fingerprint density at radius 1 is 1.27 bits per heavy atom. The van der Waals surface area contributed by atoms with Gasteiger partial charge in [0.15, 0.2) is 5.82 Å². The Morgan fingerprint density at radius 3 is 2.55 bits per heavy atom. The standard InChI is InChI=1S/C16H21N5O/c1-5-11-6-8-12(9-7-11)10-17-20-14-13(16(2,3)4)19-21-15(22)18-14/h6-10H,5H2,1-4H3,(H2,18,20,21,22)/b17-10+. The van der Waals surface area contributed by atoms with Crippen LogP contribution < -0.4 is 11.1 Å². The summed E-state index contributed by atoms with van der Waals surface area (Å²) in [6, 6.07) is 8.13. The molecule has 6 nitrogen and oxygen atoms in total. The summed E-state index contributed by atoms with van der Waals surface area (Å²) in [7, 11) is 0. The Bertz CT molecular complexity index is 711. The summed E-state index contributed by atoms with van der Waals surface area (Å²) in [5.74, 6) is 0.373.